The fraction of sp³-hybridized carbons (Fsp3) is 0.778. The summed E-state index contributed by atoms with van der Waals surface area (Å²) in [6.07, 6.45) is 10.9. The first-order valence-corrected chi connectivity index (χ1v) is 12.6. The molecule has 174 valence electrons. The van der Waals surface area contributed by atoms with E-state index < -0.39 is 12.2 Å². The Morgan fingerprint density at radius 1 is 1.29 bits per heavy atom. The van der Waals surface area contributed by atoms with Gasteiger partial charge in [-0.25, -0.2) is 0 Å². The average molecular weight is 430 g/mol. The third kappa shape index (κ3) is 4.73. The van der Waals surface area contributed by atoms with Crippen molar-refractivity contribution < 1.29 is 14.9 Å². The van der Waals surface area contributed by atoms with Gasteiger partial charge >= 0.3 is 0 Å². The van der Waals surface area contributed by atoms with Crippen molar-refractivity contribution in [3.05, 3.63) is 35.5 Å². The summed E-state index contributed by atoms with van der Waals surface area (Å²) < 4.78 is 5.64. The van der Waals surface area contributed by atoms with Gasteiger partial charge < -0.3 is 14.9 Å². The quantitative estimate of drug-likeness (QED) is 0.692. The number of ether oxygens (including phenoxy) is 1. The molecule has 0 aromatic rings. The van der Waals surface area contributed by atoms with Crippen molar-refractivity contribution in [2.75, 3.05) is 26.3 Å². The highest BCUT2D eigenvalue weighted by atomic mass is 16.5. The first-order valence-electron chi connectivity index (χ1n) is 12.6. The van der Waals surface area contributed by atoms with Crippen molar-refractivity contribution in [3.63, 3.8) is 0 Å². The van der Waals surface area contributed by atoms with E-state index in [1.807, 2.05) is 0 Å². The van der Waals surface area contributed by atoms with Crippen molar-refractivity contribution >= 4 is 0 Å². The van der Waals surface area contributed by atoms with Gasteiger partial charge in [0.15, 0.2) is 0 Å². The van der Waals surface area contributed by atoms with Gasteiger partial charge in [0, 0.05) is 25.6 Å². The molecule has 0 spiro atoms. The molecule has 4 rings (SSSR count). The highest BCUT2D eigenvalue weighted by Crippen LogP contribution is 2.59. The maximum Gasteiger partial charge on any atom is 0.0811 e. The lowest BCUT2D eigenvalue weighted by molar-refractivity contribution is -0.0176. The minimum atomic E-state index is -0.607. The Balaban J connectivity index is 1.48. The molecule has 4 fully saturated rings. The van der Waals surface area contributed by atoms with Crippen LogP contribution in [0.4, 0.5) is 0 Å². The summed E-state index contributed by atoms with van der Waals surface area (Å²) in [6.45, 7) is 15.4. The van der Waals surface area contributed by atoms with Crippen molar-refractivity contribution in [3.8, 4) is 0 Å². The molecule has 1 aliphatic heterocycles. The minimum Gasteiger partial charge on any atom is -0.393 e. The molecule has 4 aliphatic rings. The van der Waals surface area contributed by atoms with Crippen molar-refractivity contribution in [1.29, 1.82) is 0 Å². The number of fused-ring (bicyclic) bond motifs is 1. The maximum atomic E-state index is 10.2. The molecular formula is C27H43NO3. The molecule has 4 heteroatoms. The van der Waals surface area contributed by atoms with Gasteiger partial charge in [-0.2, -0.15) is 0 Å². The number of morpholine rings is 1. The van der Waals surface area contributed by atoms with Gasteiger partial charge in [-0.1, -0.05) is 38.2 Å². The molecule has 0 amide bonds. The normalized spacial score (nSPS) is 43.4. The lowest BCUT2D eigenvalue weighted by Gasteiger charge is -2.46. The topological polar surface area (TPSA) is 52.9 Å². The Labute approximate surface area is 189 Å². The van der Waals surface area contributed by atoms with Gasteiger partial charge in [-0.15, -0.1) is 0 Å². The monoisotopic (exact) mass is 429 g/mol. The molecule has 1 heterocycles. The predicted molar refractivity (Wildman–Crippen MR) is 126 cm³/mol. The molecule has 31 heavy (non-hydrogen) atoms. The maximum absolute atomic E-state index is 10.2. The smallest absolute Gasteiger partial charge is 0.0811 e. The number of aliphatic hydroxyl groups excluding tert-OH is 2. The Bertz CT molecular complexity index is 728. The van der Waals surface area contributed by atoms with Crippen LogP contribution in [0.25, 0.3) is 0 Å². The number of nitrogens with zero attached hydrogens (tertiary/aromatic N) is 1. The summed E-state index contributed by atoms with van der Waals surface area (Å²) in [5.74, 6) is 2.15. The summed E-state index contributed by atoms with van der Waals surface area (Å²) in [5.41, 5.74) is 3.78. The summed E-state index contributed by atoms with van der Waals surface area (Å²) >= 11 is 0. The standard InChI is InChI=1S/C27H43NO3/c1-18(16-28-12-13-31-17-19(28)2)24-9-10-25-21(6-5-11-27(24,25)4)7-8-22-14-23(29)15-26(30)20(22)3/h7-8,18-19,23-26,29-30H,3,5-6,9-17H2,1-2,4H3/b21-7+,22-8-/t18?,19-,23-,24-,25+,26+,27-/m1/s1. The van der Waals surface area contributed by atoms with Crippen LogP contribution in [0.3, 0.4) is 0 Å². The summed E-state index contributed by atoms with van der Waals surface area (Å²) in [6, 6.07) is 0.531. The van der Waals surface area contributed by atoms with Crippen LogP contribution >= 0.6 is 0 Å². The third-order valence-corrected chi connectivity index (χ3v) is 9.02. The van der Waals surface area contributed by atoms with E-state index in [1.165, 1.54) is 38.6 Å². The lowest BCUT2D eigenvalue weighted by atomic mass is 9.61. The summed E-state index contributed by atoms with van der Waals surface area (Å²) in [5, 5.41) is 20.2. The SMILES string of the molecule is C=C1/C(=C\C=C2/CCC[C@]3(C)[C@@H](C(C)CN4CCOC[C@H]4C)CC[C@@H]23)C[C@@H](O)C[C@@H]1O. The van der Waals surface area contributed by atoms with Gasteiger partial charge in [0.1, 0.15) is 0 Å². The fourth-order valence-corrected chi connectivity index (χ4v) is 7.21. The molecule has 1 saturated heterocycles. The van der Waals surface area contributed by atoms with E-state index in [4.69, 9.17) is 4.74 Å². The molecule has 2 N–H and O–H groups in total. The van der Waals surface area contributed by atoms with Gasteiger partial charge in [-0.3, -0.25) is 4.90 Å². The van der Waals surface area contributed by atoms with E-state index in [1.54, 1.807) is 5.57 Å². The fourth-order valence-electron chi connectivity index (χ4n) is 7.21. The van der Waals surface area contributed by atoms with Crippen LogP contribution in [0.1, 0.15) is 65.7 Å². The van der Waals surface area contributed by atoms with Crippen LogP contribution in [-0.4, -0.2) is 59.7 Å². The van der Waals surface area contributed by atoms with E-state index in [0.717, 1.165) is 36.8 Å². The zero-order valence-corrected chi connectivity index (χ0v) is 19.9. The lowest BCUT2D eigenvalue weighted by Crippen LogP contribution is -2.47. The first-order chi connectivity index (χ1) is 14.8. The highest BCUT2D eigenvalue weighted by Gasteiger charge is 2.50. The van der Waals surface area contributed by atoms with Crippen molar-refractivity contribution in [2.24, 2.45) is 23.2 Å². The van der Waals surface area contributed by atoms with Crippen molar-refractivity contribution in [2.45, 2.75) is 84.0 Å². The Hall–Kier alpha value is -0.940. The Morgan fingerprint density at radius 3 is 2.87 bits per heavy atom. The Kier molecular flexibility index (Phi) is 7.12. The Morgan fingerprint density at radius 2 is 2.10 bits per heavy atom. The first kappa shape index (κ1) is 23.2. The number of hydrogen-bond acceptors (Lipinski definition) is 4. The summed E-state index contributed by atoms with van der Waals surface area (Å²) in [7, 11) is 0. The number of aliphatic hydroxyl groups is 2. The largest absolute Gasteiger partial charge is 0.393 e. The van der Waals surface area contributed by atoms with Gasteiger partial charge in [0.05, 0.1) is 25.4 Å². The van der Waals surface area contributed by atoms with E-state index in [0.29, 0.717) is 36.1 Å². The molecular weight excluding hydrogens is 386 g/mol. The average Bonchev–Trinajstić information content (AvgIpc) is 3.09. The molecule has 0 aromatic carbocycles. The van der Waals surface area contributed by atoms with Gasteiger partial charge in [-0.05, 0) is 79.8 Å². The summed E-state index contributed by atoms with van der Waals surface area (Å²) in [4.78, 5) is 2.64. The van der Waals surface area contributed by atoms with E-state index in [9.17, 15) is 10.2 Å². The second kappa shape index (κ2) is 9.51. The highest BCUT2D eigenvalue weighted by molar-refractivity contribution is 5.38. The van der Waals surface area contributed by atoms with Crippen LogP contribution in [-0.2, 0) is 4.74 Å². The molecule has 0 bridgehead atoms. The minimum absolute atomic E-state index is 0.389. The molecule has 7 atom stereocenters. The van der Waals surface area contributed by atoms with Crippen LogP contribution < -0.4 is 0 Å². The van der Waals surface area contributed by atoms with E-state index in [2.05, 4.69) is 44.4 Å². The van der Waals surface area contributed by atoms with Gasteiger partial charge in [0.2, 0.25) is 0 Å². The zero-order valence-electron chi connectivity index (χ0n) is 19.9. The third-order valence-electron chi connectivity index (χ3n) is 9.02. The van der Waals surface area contributed by atoms with Crippen LogP contribution in [0, 0.1) is 23.2 Å². The molecule has 0 aromatic heterocycles. The second-order valence-electron chi connectivity index (χ2n) is 11.1. The van der Waals surface area contributed by atoms with Crippen LogP contribution in [0.5, 0.6) is 0 Å². The van der Waals surface area contributed by atoms with E-state index in [-0.39, 0.29) is 0 Å². The number of hydrogen-bond donors (Lipinski definition) is 2. The zero-order chi connectivity index (χ0) is 22.2. The number of allylic oxidation sites excluding steroid dienone is 3. The van der Waals surface area contributed by atoms with E-state index >= 15 is 0 Å². The molecule has 3 saturated carbocycles. The molecule has 0 radical (unpaired) electrons. The number of rotatable bonds is 4. The van der Waals surface area contributed by atoms with Crippen LogP contribution in [0.15, 0.2) is 35.5 Å². The second-order valence-corrected chi connectivity index (χ2v) is 11.1. The van der Waals surface area contributed by atoms with Gasteiger partial charge in [0.25, 0.3) is 0 Å². The molecule has 3 aliphatic carbocycles. The predicted octanol–water partition coefficient (Wildman–Crippen LogP) is 4.48. The van der Waals surface area contributed by atoms with Crippen LogP contribution in [0.2, 0.25) is 0 Å². The van der Waals surface area contributed by atoms with Crippen molar-refractivity contribution in [1.82, 2.24) is 4.90 Å². The molecule has 4 nitrogen and oxygen atoms in total. The molecule has 1 unspecified atom stereocenters.